The molecule has 0 aromatic heterocycles. The highest BCUT2D eigenvalue weighted by molar-refractivity contribution is 5.84. The molecule has 2 atom stereocenters. The molecule has 0 aliphatic carbocycles. The summed E-state index contributed by atoms with van der Waals surface area (Å²) in [5.41, 5.74) is 1.18. The first-order valence-electron chi connectivity index (χ1n) is 9.16. The van der Waals surface area contributed by atoms with Gasteiger partial charge in [-0.3, -0.25) is 4.79 Å². The lowest BCUT2D eigenvalue weighted by Gasteiger charge is -2.19. The average Bonchev–Trinajstić information content (AvgIpc) is 2.67. The summed E-state index contributed by atoms with van der Waals surface area (Å²) in [7, 11) is 0. The van der Waals surface area contributed by atoms with Crippen molar-refractivity contribution in [3.63, 3.8) is 0 Å². The van der Waals surface area contributed by atoms with Crippen molar-refractivity contribution in [2.75, 3.05) is 6.61 Å². The van der Waals surface area contributed by atoms with Crippen molar-refractivity contribution in [3.05, 3.63) is 72.3 Å². The molecule has 0 spiro atoms. The topological polar surface area (TPSA) is 47.6 Å². The molecule has 1 N–H and O–H groups in total. The van der Waals surface area contributed by atoms with Gasteiger partial charge in [0.05, 0.1) is 6.04 Å². The molecule has 0 bridgehead atoms. The normalized spacial score (nSPS) is 13.0. The van der Waals surface area contributed by atoms with Crippen molar-refractivity contribution in [1.82, 2.24) is 5.32 Å². The molecule has 27 heavy (non-hydrogen) atoms. The van der Waals surface area contributed by atoms with Gasteiger partial charge in [-0.25, -0.2) is 0 Å². The molecule has 0 saturated carbocycles. The third-order valence-corrected chi connectivity index (χ3v) is 4.31. The number of hydrogen-bond acceptors (Lipinski definition) is 3. The molecular formula is C23H25NO3. The molecule has 1 amide bonds. The Kier molecular flexibility index (Phi) is 5.97. The quantitative estimate of drug-likeness (QED) is 0.672. The van der Waals surface area contributed by atoms with Crippen LogP contribution in [0.1, 0.15) is 19.4 Å². The number of fused-ring (bicyclic) bond motifs is 1. The van der Waals surface area contributed by atoms with Gasteiger partial charge in [0.1, 0.15) is 18.1 Å². The number of rotatable bonds is 7. The Morgan fingerprint density at radius 2 is 1.59 bits per heavy atom. The molecule has 3 rings (SSSR count). The monoisotopic (exact) mass is 363 g/mol. The van der Waals surface area contributed by atoms with Crippen molar-refractivity contribution in [1.29, 1.82) is 0 Å². The van der Waals surface area contributed by atoms with E-state index in [2.05, 4.69) is 5.32 Å². The van der Waals surface area contributed by atoms with E-state index in [4.69, 9.17) is 9.47 Å². The Balaban J connectivity index is 1.50. The summed E-state index contributed by atoms with van der Waals surface area (Å²) in [5.74, 6) is 1.31. The van der Waals surface area contributed by atoms with E-state index in [0.29, 0.717) is 12.4 Å². The van der Waals surface area contributed by atoms with Gasteiger partial charge >= 0.3 is 0 Å². The predicted octanol–water partition coefficient (Wildman–Crippen LogP) is 4.50. The summed E-state index contributed by atoms with van der Waals surface area (Å²) in [4.78, 5) is 12.4. The highest BCUT2D eigenvalue weighted by Gasteiger charge is 2.17. The van der Waals surface area contributed by atoms with Gasteiger partial charge in [0.25, 0.3) is 5.91 Å². The first-order valence-corrected chi connectivity index (χ1v) is 9.16. The van der Waals surface area contributed by atoms with Crippen molar-refractivity contribution < 1.29 is 14.3 Å². The maximum Gasteiger partial charge on any atom is 0.261 e. The molecule has 4 heteroatoms. The Bertz CT molecular complexity index is 905. The molecule has 0 heterocycles. The molecule has 3 aromatic carbocycles. The second-order valence-electron chi connectivity index (χ2n) is 6.80. The second-order valence-corrected chi connectivity index (χ2v) is 6.80. The third-order valence-electron chi connectivity index (χ3n) is 4.31. The highest BCUT2D eigenvalue weighted by Crippen LogP contribution is 2.21. The van der Waals surface area contributed by atoms with Crippen LogP contribution in [0.3, 0.4) is 0 Å². The predicted molar refractivity (Wildman–Crippen MR) is 108 cm³/mol. The van der Waals surface area contributed by atoms with E-state index in [9.17, 15) is 4.79 Å². The van der Waals surface area contributed by atoms with Gasteiger partial charge in [0.2, 0.25) is 0 Å². The molecule has 4 nitrogen and oxygen atoms in total. The first-order chi connectivity index (χ1) is 13.0. The maximum absolute atomic E-state index is 12.4. The summed E-state index contributed by atoms with van der Waals surface area (Å²) in [6, 6.07) is 21.6. The zero-order valence-corrected chi connectivity index (χ0v) is 15.9. The van der Waals surface area contributed by atoms with Gasteiger partial charge in [-0.15, -0.1) is 0 Å². The molecule has 140 valence electrons. The van der Waals surface area contributed by atoms with E-state index >= 15 is 0 Å². The minimum absolute atomic E-state index is 0.124. The smallest absolute Gasteiger partial charge is 0.261 e. The van der Waals surface area contributed by atoms with Crippen LogP contribution in [0.5, 0.6) is 11.5 Å². The van der Waals surface area contributed by atoms with Crippen LogP contribution in [0.25, 0.3) is 10.8 Å². The minimum Gasteiger partial charge on any atom is -0.491 e. The minimum atomic E-state index is -0.590. The summed E-state index contributed by atoms with van der Waals surface area (Å²) in [5, 5.41) is 5.16. The van der Waals surface area contributed by atoms with E-state index in [1.807, 2.05) is 80.6 Å². The van der Waals surface area contributed by atoms with Gasteiger partial charge in [-0.05, 0) is 55.8 Å². The molecule has 0 saturated heterocycles. The number of ether oxygens (including phenoxy) is 2. The molecular weight excluding hydrogens is 338 g/mol. The van der Waals surface area contributed by atoms with E-state index in [0.717, 1.165) is 16.5 Å². The molecule has 0 fully saturated rings. The van der Waals surface area contributed by atoms with Crippen LogP contribution in [0, 0.1) is 6.92 Å². The number of carbonyl (C=O) groups is 1. The van der Waals surface area contributed by atoms with Crippen LogP contribution >= 0.6 is 0 Å². The second kappa shape index (κ2) is 8.58. The van der Waals surface area contributed by atoms with Crippen LogP contribution in [0.2, 0.25) is 0 Å². The lowest BCUT2D eigenvalue weighted by atomic mass is 10.1. The molecule has 0 unspecified atom stereocenters. The van der Waals surface area contributed by atoms with E-state index in [1.165, 1.54) is 5.56 Å². The largest absolute Gasteiger partial charge is 0.491 e. The summed E-state index contributed by atoms with van der Waals surface area (Å²) < 4.78 is 11.5. The van der Waals surface area contributed by atoms with Crippen molar-refractivity contribution >= 4 is 16.7 Å². The Morgan fingerprint density at radius 1 is 0.926 bits per heavy atom. The SMILES string of the molecule is Cc1ccc(OC[C@@H](C)NC(=O)[C@@H](C)Oc2ccc3ccccc3c2)cc1. The molecule has 3 aromatic rings. The van der Waals surface area contributed by atoms with Crippen LogP contribution in [-0.2, 0) is 4.79 Å². The number of amides is 1. The van der Waals surface area contributed by atoms with Crippen molar-refractivity contribution in [2.24, 2.45) is 0 Å². The van der Waals surface area contributed by atoms with E-state index in [1.54, 1.807) is 6.92 Å². The van der Waals surface area contributed by atoms with Gasteiger partial charge in [-0.1, -0.05) is 48.0 Å². The molecule has 0 radical (unpaired) electrons. The number of nitrogens with one attached hydrogen (secondary N) is 1. The third kappa shape index (κ3) is 5.23. The van der Waals surface area contributed by atoms with Crippen molar-refractivity contribution in [3.8, 4) is 11.5 Å². The van der Waals surface area contributed by atoms with Crippen LogP contribution in [0.15, 0.2) is 66.7 Å². The lowest BCUT2D eigenvalue weighted by molar-refractivity contribution is -0.128. The summed E-state index contributed by atoms with van der Waals surface area (Å²) >= 11 is 0. The van der Waals surface area contributed by atoms with Gasteiger partial charge in [0, 0.05) is 0 Å². The van der Waals surface area contributed by atoms with Gasteiger partial charge < -0.3 is 14.8 Å². The van der Waals surface area contributed by atoms with E-state index < -0.39 is 6.10 Å². The lowest BCUT2D eigenvalue weighted by Crippen LogP contribution is -2.43. The highest BCUT2D eigenvalue weighted by atomic mass is 16.5. The average molecular weight is 363 g/mol. The first kappa shape index (κ1) is 18.8. The fourth-order valence-corrected chi connectivity index (χ4v) is 2.76. The number of hydrogen-bond donors (Lipinski definition) is 1. The van der Waals surface area contributed by atoms with Crippen LogP contribution in [0.4, 0.5) is 0 Å². The van der Waals surface area contributed by atoms with Crippen LogP contribution < -0.4 is 14.8 Å². The fourth-order valence-electron chi connectivity index (χ4n) is 2.76. The standard InChI is InChI=1S/C23H25NO3/c1-16-8-11-21(12-9-16)26-15-17(2)24-23(25)18(3)27-22-13-10-19-6-4-5-7-20(19)14-22/h4-14,17-18H,15H2,1-3H3,(H,24,25)/t17-,18-/m1/s1. The zero-order valence-electron chi connectivity index (χ0n) is 15.9. The van der Waals surface area contributed by atoms with Crippen molar-refractivity contribution in [2.45, 2.75) is 32.9 Å². The molecule has 0 aliphatic rings. The Hall–Kier alpha value is -3.01. The zero-order chi connectivity index (χ0) is 19.2. The number of benzene rings is 3. The number of aryl methyl sites for hydroxylation is 1. The Labute approximate surface area is 160 Å². The fraction of sp³-hybridized carbons (Fsp3) is 0.261. The summed E-state index contributed by atoms with van der Waals surface area (Å²) in [6.07, 6.45) is -0.590. The maximum atomic E-state index is 12.4. The Morgan fingerprint density at radius 3 is 2.33 bits per heavy atom. The van der Waals surface area contributed by atoms with E-state index in [-0.39, 0.29) is 11.9 Å². The van der Waals surface area contributed by atoms with Crippen LogP contribution in [-0.4, -0.2) is 24.7 Å². The molecule has 0 aliphatic heterocycles. The number of carbonyl (C=O) groups excluding carboxylic acids is 1. The summed E-state index contributed by atoms with van der Waals surface area (Å²) in [6.45, 7) is 6.09. The van der Waals surface area contributed by atoms with Gasteiger partial charge in [0.15, 0.2) is 6.10 Å². The van der Waals surface area contributed by atoms with Gasteiger partial charge in [-0.2, -0.15) is 0 Å².